The minimum Gasteiger partial charge on any atom is -0.409 e. The van der Waals surface area contributed by atoms with Crippen LogP contribution in [0.4, 0.5) is 5.69 Å². The summed E-state index contributed by atoms with van der Waals surface area (Å²) in [6.45, 7) is 1.81. The molecule has 7 nitrogen and oxygen atoms in total. The maximum Gasteiger partial charge on any atom is 0.426 e. The molecule has 0 unspecified atom stereocenters. The molecule has 1 aromatic heterocycles. The van der Waals surface area contributed by atoms with Gasteiger partial charge in [-0.25, -0.2) is 9.36 Å². The molecule has 0 N–H and O–H groups in total. The van der Waals surface area contributed by atoms with E-state index < -0.39 is 16.2 Å². The molecule has 0 aliphatic rings. The van der Waals surface area contributed by atoms with E-state index in [0.29, 0.717) is 0 Å². The Morgan fingerprint density at radius 1 is 1.14 bits per heavy atom. The summed E-state index contributed by atoms with van der Waals surface area (Å²) in [4.78, 5) is 34.8. The molecule has 0 spiro atoms. The number of fused-ring (bicyclic) bond motifs is 1. The lowest BCUT2D eigenvalue weighted by molar-refractivity contribution is -0.384. The fourth-order valence-electron chi connectivity index (χ4n) is 2.20. The number of rotatable bonds is 2. The maximum atomic E-state index is 12.5. The van der Waals surface area contributed by atoms with E-state index in [1.807, 2.05) is 6.92 Å². The molecule has 0 saturated heterocycles. The van der Waals surface area contributed by atoms with Crippen LogP contribution in [0.5, 0.6) is 0 Å². The van der Waals surface area contributed by atoms with Crippen molar-refractivity contribution in [2.75, 3.05) is 0 Å². The molecule has 7 heteroatoms. The van der Waals surface area contributed by atoms with E-state index in [9.17, 15) is 19.7 Å². The molecule has 0 fully saturated rings. The minimum atomic E-state index is -0.886. The smallest absolute Gasteiger partial charge is 0.409 e. The van der Waals surface area contributed by atoms with Gasteiger partial charge in [0.05, 0.1) is 16.0 Å². The Hall–Kier alpha value is -3.22. The number of benzene rings is 2. The molecule has 0 bridgehead atoms. The van der Waals surface area contributed by atoms with Crippen molar-refractivity contribution in [3.63, 3.8) is 0 Å². The Labute approximate surface area is 123 Å². The monoisotopic (exact) mass is 298 g/mol. The third-order valence-electron chi connectivity index (χ3n) is 3.25. The lowest BCUT2D eigenvalue weighted by Crippen LogP contribution is -2.30. The summed E-state index contributed by atoms with van der Waals surface area (Å²) in [5.74, 6) is -0.886. The number of aryl methyl sites for hydroxylation is 1. The third-order valence-corrected chi connectivity index (χ3v) is 3.25. The van der Waals surface area contributed by atoms with Crippen LogP contribution in [-0.4, -0.2) is 9.49 Å². The zero-order valence-electron chi connectivity index (χ0n) is 11.5. The van der Waals surface area contributed by atoms with Crippen molar-refractivity contribution in [2.45, 2.75) is 6.92 Å². The Balaban J connectivity index is 2.34. The van der Waals surface area contributed by atoms with E-state index in [0.717, 1.165) is 16.2 Å². The van der Waals surface area contributed by atoms with E-state index in [2.05, 4.69) is 0 Å². The highest BCUT2D eigenvalue weighted by Gasteiger charge is 2.14. The quantitative estimate of drug-likeness (QED) is 0.533. The minimum absolute atomic E-state index is 0.0930. The first kappa shape index (κ1) is 13.7. The first-order valence-electron chi connectivity index (χ1n) is 6.39. The fourth-order valence-corrected chi connectivity index (χ4v) is 2.20. The predicted octanol–water partition coefficient (Wildman–Crippen LogP) is 2.16. The van der Waals surface area contributed by atoms with Crippen LogP contribution in [0.2, 0.25) is 0 Å². The predicted molar refractivity (Wildman–Crippen MR) is 79.5 cm³/mol. The number of nitro groups is 1. The van der Waals surface area contributed by atoms with Crippen molar-refractivity contribution in [2.24, 2.45) is 0 Å². The molecule has 1 heterocycles. The van der Waals surface area contributed by atoms with Gasteiger partial charge in [-0.2, -0.15) is 0 Å². The van der Waals surface area contributed by atoms with Crippen LogP contribution in [0.3, 0.4) is 0 Å². The first-order valence-corrected chi connectivity index (χ1v) is 6.39. The number of non-ortho nitro benzene ring substituents is 1. The summed E-state index contributed by atoms with van der Waals surface area (Å²) in [5, 5.41) is 11.1. The van der Waals surface area contributed by atoms with Crippen molar-refractivity contribution in [1.82, 2.24) is 4.57 Å². The van der Waals surface area contributed by atoms with Crippen molar-refractivity contribution >= 4 is 16.7 Å². The zero-order valence-corrected chi connectivity index (χ0v) is 11.5. The van der Waals surface area contributed by atoms with Gasteiger partial charge in [-0.05, 0) is 30.7 Å². The Morgan fingerprint density at radius 3 is 2.64 bits per heavy atom. The maximum absolute atomic E-state index is 12.5. The molecule has 0 aliphatic heterocycles. The van der Waals surface area contributed by atoms with Gasteiger partial charge in [0.25, 0.3) is 11.2 Å². The summed E-state index contributed by atoms with van der Waals surface area (Å²) < 4.78 is 5.93. The van der Waals surface area contributed by atoms with Gasteiger partial charge >= 0.3 is 5.76 Å². The van der Waals surface area contributed by atoms with E-state index >= 15 is 0 Å². The van der Waals surface area contributed by atoms with Crippen molar-refractivity contribution in [3.8, 4) is 5.69 Å². The summed E-state index contributed by atoms with van der Waals surface area (Å²) in [7, 11) is 0. The second-order valence-electron chi connectivity index (χ2n) is 4.79. The molecule has 3 aromatic rings. The summed E-state index contributed by atoms with van der Waals surface area (Å²) in [6.07, 6.45) is 0. The Morgan fingerprint density at radius 2 is 1.91 bits per heavy atom. The molecular formula is C15H10N2O5. The van der Waals surface area contributed by atoms with Crippen LogP contribution in [-0.2, 0) is 0 Å². The van der Waals surface area contributed by atoms with Crippen molar-refractivity contribution in [1.29, 1.82) is 0 Å². The van der Waals surface area contributed by atoms with Gasteiger partial charge in [0.1, 0.15) is 5.58 Å². The summed E-state index contributed by atoms with van der Waals surface area (Å²) in [6, 6.07) is 10.1. The lowest BCUT2D eigenvalue weighted by atomic mass is 10.2. The van der Waals surface area contributed by atoms with Crippen LogP contribution >= 0.6 is 0 Å². The highest BCUT2D eigenvalue weighted by Crippen LogP contribution is 2.16. The second kappa shape index (κ2) is 4.96. The van der Waals surface area contributed by atoms with Crippen LogP contribution in [0, 0.1) is 17.0 Å². The van der Waals surface area contributed by atoms with Crippen molar-refractivity contribution < 1.29 is 9.34 Å². The highest BCUT2D eigenvalue weighted by atomic mass is 16.6. The molecule has 2 aromatic carbocycles. The Bertz CT molecular complexity index is 1020. The molecule has 110 valence electrons. The van der Waals surface area contributed by atoms with Gasteiger partial charge in [-0.15, -0.1) is 0 Å². The van der Waals surface area contributed by atoms with Crippen LogP contribution < -0.4 is 11.3 Å². The molecule has 0 radical (unpaired) electrons. The molecule has 0 aliphatic carbocycles. The van der Waals surface area contributed by atoms with Gasteiger partial charge in [-0.1, -0.05) is 12.1 Å². The standard InChI is InChI=1S/C15H10N2O5/c1-9-5-6-12-13(7-9)22-15(19)16(14(12)18)10-3-2-4-11(8-10)17(20)21/h2-8H,1H3. The van der Waals surface area contributed by atoms with Gasteiger partial charge in [-0.3, -0.25) is 14.9 Å². The number of hydrogen-bond donors (Lipinski definition) is 0. The van der Waals surface area contributed by atoms with Crippen LogP contribution in [0.1, 0.15) is 5.56 Å². The molecule has 22 heavy (non-hydrogen) atoms. The normalized spacial score (nSPS) is 10.8. The van der Waals surface area contributed by atoms with Crippen LogP contribution in [0.15, 0.2) is 56.5 Å². The van der Waals surface area contributed by atoms with E-state index in [1.54, 1.807) is 18.2 Å². The highest BCUT2D eigenvalue weighted by molar-refractivity contribution is 5.76. The van der Waals surface area contributed by atoms with Gasteiger partial charge < -0.3 is 4.42 Å². The average molecular weight is 298 g/mol. The average Bonchev–Trinajstić information content (AvgIpc) is 2.47. The van der Waals surface area contributed by atoms with Gasteiger partial charge in [0, 0.05) is 12.1 Å². The Kier molecular flexibility index (Phi) is 3.10. The topological polar surface area (TPSA) is 95.4 Å². The second-order valence-corrected chi connectivity index (χ2v) is 4.79. The summed E-state index contributed by atoms with van der Waals surface area (Å²) >= 11 is 0. The number of hydrogen-bond acceptors (Lipinski definition) is 5. The van der Waals surface area contributed by atoms with E-state index in [1.165, 1.54) is 18.2 Å². The van der Waals surface area contributed by atoms with Gasteiger partial charge in [0.2, 0.25) is 0 Å². The summed E-state index contributed by atoms with van der Waals surface area (Å²) in [5.41, 5.74) is 0.342. The number of aromatic nitrogens is 1. The number of nitro benzene ring substituents is 1. The van der Waals surface area contributed by atoms with E-state index in [-0.39, 0.29) is 22.3 Å². The SMILES string of the molecule is Cc1ccc2c(=O)n(-c3cccc([N+](=O)[O-])c3)c(=O)oc2c1. The molecule has 0 saturated carbocycles. The molecule has 0 amide bonds. The molecular weight excluding hydrogens is 288 g/mol. The largest absolute Gasteiger partial charge is 0.426 e. The lowest BCUT2D eigenvalue weighted by Gasteiger charge is -2.05. The van der Waals surface area contributed by atoms with Gasteiger partial charge in [0.15, 0.2) is 0 Å². The number of nitrogens with zero attached hydrogens (tertiary/aromatic N) is 2. The van der Waals surface area contributed by atoms with E-state index in [4.69, 9.17) is 4.42 Å². The third kappa shape index (κ3) is 2.18. The fraction of sp³-hybridized carbons (Fsp3) is 0.0667. The van der Waals surface area contributed by atoms with Crippen molar-refractivity contribution in [3.05, 3.63) is 79.0 Å². The first-order chi connectivity index (χ1) is 10.5. The molecule has 3 rings (SSSR count). The zero-order chi connectivity index (χ0) is 15.9. The molecule has 0 atom stereocenters. The van der Waals surface area contributed by atoms with Crippen LogP contribution in [0.25, 0.3) is 16.7 Å².